The topological polar surface area (TPSA) is 65.5 Å². The normalized spacial score (nSPS) is 10.7. The van der Waals surface area contributed by atoms with E-state index in [1.54, 1.807) is 7.05 Å². The van der Waals surface area contributed by atoms with Crippen LogP contribution in [0.25, 0.3) is 0 Å². The first-order chi connectivity index (χ1) is 8.52. The van der Waals surface area contributed by atoms with E-state index in [1.807, 2.05) is 31.2 Å². The van der Waals surface area contributed by atoms with Crippen LogP contribution in [0.4, 0.5) is 5.69 Å². The molecule has 0 saturated carbocycles. The molecule has 0 atom stereocenters. The molecule has 3 N–H and O–H groups in total. The van der Waals surface area contributed by atoms with Gasteiger partial charge < -0.3 is 10.6 Å². The van der Waals surface area contributed by atoms with Gasteiger partial charge in [0.2, 0.25) is 5.91 Å². The highest BCUT2D eigenvalue weighted by Gasteiger charge is 2.01. The molecule has 0 aromatic heterocycles. The summed E-state index contributed by atoms with van der Waals surface area (Å²) in [6.07, 6.45) is 0. The van der Waals surface area contributed by atoms with Crippen LogP contribution in [0.3, 0.4) is 0 Å². The Kier molecular flexibility index (Phi) is 5.26. The number of benzene rings is 1. The minimum Gasteiger partial charge on any atom is -0.364 e. The molecule has 0 spiro atoms. The largest absolute Gasteiger partial charge is 0.364 e. The van der Waals surface area contributed by atoms with Gasteiger partial charge in [0, 0.05) is 19.7 Å². The molecule has 1 aromatic carbocycles. The zero-order valence-electron chi connectivity index (χ0n) is 10.6. The lowest BCUT2D eigenvalue weighted by Crippen LogP contribution is -2.29. The molecule has 1 amide bonds. The summed E-state index contributed by atoms with van der Waals surface area (Å²) in [7, 11) is 1.72. The smallest absolute Gasteiger partial charge is 0.221 e. The van der Waals surface area contributed by atoms with Gasteiger partial charge in [0.05, 0.1) is 5.71 Å². The Labute approximate surface area is 112 Å². The van der Waals surface area contributed by atoms with Gasteiger partial charge >= 0.3 is 0 Å². The highest BCUT2D eigenvalue weighted by Crippen LogP contribution is 2.11. The van der Waals surface area contributed by atoms with Crippen molar-refractivity contribution in [3.05, 3.63) is 29.8 Å². The van der Waals surface area contributed by atoms with Gasteiger partial charge in [-0.1, -0.05) is 12.1 Å². The molecule has 0 aliphatic heterocycles. The number of carbonyl (C=O) groups excluding carboxylic acids is 1. The highest BCUT2D eigenvalue weighted by molar-refractivity contribution is 7.80. The average Bonchev–Trinajstić information content (AvgIpc) is 2.35. The minimum absolute atomic E-state index is 0.101. The van der Waals surface area contributed by atoms with E-state index in [-0.39, 0.29) is 5.91 Å². The van der Waals surface area contributed by atoms with Gasteiger partial charge in [0.1, 0.15) is 0 Å². The van der Waals surface area contributed by atoms with Gasteiger partial charge in [0.15, 0.2) is 5.11 Å². The van der Waals surface area contributed by atoms with Gasteiger partial charge in [-0.3, -0.25) is 10.2 Å². The average molecular weight is 264 g/mol. The Bertz CT molecular complexity index is 485. The Morgan fingerprint density at radius 1 is 1.33 bits per heavy atom. The Morgan fingerprint density at radius 3 is 2.67 bits per heavy atom. The third kappa shape index (κ3) is 4.50. The molecule has 5 nitrogen and oxygen atoms in total. The molecule has 1 aromatic rings. The van der Waals surface area contributed by atoms with Crippen LogP contribution < -0.4 is 16.1 Å². The maximum absolute atomic E-state index is 11.0. The summed E-state index contributed by atoms with van der Waals surface area (Å²) < 4.78 is 0. The van der Waals surface area contributed by atoms with Crippen LogP contribution in [0.15, 0.2) is 29.4 Å². The predicted octanol–water partition coefficient (Wildman–Crippen LogP) is 1.46. The van der Waals surface area contributed by atoms with Crippen molar-refractivity contribution in [2.24, 2.45) is 5.10 Å². The lowest BCUT2D eigenvalue weighted by molar-refractivity contribution is -0.114. The molecule has 0 unspecified atom stereocenters. The van der Waals surface area contributed by atoms with Crippen molar-refractivity contribution in [2.75, 3.05) is 12.4 Å². The number of anilines is 1. The number of carbonyl (C=O) groups is 1. The summed E-state index contributed by atoms with van der Waals surface area (Å²) in [6, 6.07) is 7.44. The second kappa shape index (κ2) is 6.70. The van der Waals surface area contributed by atoms with Crippen LogP contribution in [0.1, 0.15) is 19.4 Å². The van der Waals surface area contributed by atoms with Gasteiger partial charge in [-0.2, -0.15) is 5.10 Å². The van der Waals surface area contributed by atoms with Crippen LogP contribution in [0, 0.1) is 0 Å². The number of hydrazone groups is 1. The van der Waals surface area contributed by atoms with Crippen molar-refractivity contribution < 1.29 is 4.79 Å². The maximum Gasteiger partial charge on any atom is 0.221 e. The summed E-state index contributed by atoms with van der Waals surface area (Å²) in [4.78, 5) is 11.0. The molecule has 0 bridgehead atoms. The minimum atomic E-state index is -0.101. The van der Waals surface area contributed by atoms with E-state index in [0.717, 1.165) is 17.0 Å². The van der Waals surface area contributed by atoms with Crippen molar-refractivity contribution in [3.8, 4) is 0 Å². The van der Waals surface area contributed by atoms with E-state index in [9.17, 15) is 4.79 Å². The SMILES string of the molecule is CNC(=S)N/N=C(\C)c1cccc(NC(C)=O)c1. The number of amides is 1. The molecule has 0 saturated heterocycles. The van der Waals surface area contributed by atoms with E-state index in [1.165, 1.54) is 6.92 Å². The van der Waals surface area contributed by atoms with Crippen LogP contribution >= 0.6 is 12.2 Å². The fourth-order valence-corrected chi connectivity index (χ4v) is 1.33. The predicted molar refractivity (Wildman–Crippen MR) is 77.8 cm³/mol. The first-order valence-electron chi connectivity index (χ1n) is 5.43. The lowest BCUT2D eigenvalue weighted by Gasteiger charge is -2.06. The number of hydrogen-bond donors (Lipinski definition) is 3. The Morgan fingerprint density at radius 2 is 2.06 bits per heavy atom. The van der Waals surface area contributed by atoms with Crippen LogP contribution in [-0.2, 0) is 4.79 Å². The monoisotopic (exact) mass is 264 g/mol. The number of nitrogens with zero attached hydrogens (tertiary/aromatic N) is 1. The van der Waals surface area contributed by atoms with E-state index in [0.29, 0.717) is 5.11 Å². The number of thiocarbonyl (C=S) groups is 1. The summed E-state index contributed by atoms with van der Waals surface area (Å²) in [5.41, 5.74) is 5.14. The molecular weight excluding hydrogens is 248 g/mol. The van der Waals surface area contributed by atoms with Crippen molar-refractivity contribution in [3.63, 3.8) is 0 Å². The molecule has 18 heavy (non-hydrogen) atoms. The fourth-order valence-electron chi connectivity index (χ4n) is 1.28. The summed E-state index contributed by atoms with van der Waals surface area (Å²) in [5, 5.41) is 10.1. The van der Waals surface area contributed by atoms with Gasteiger partial charge in [-0.05, 0) is 36.8 Å². The maximum atomic E-state index is 11.0. The molecule has 1 rings (SSSR count). The lowest BCUT2D eigenvalue weighted by atomic mass is 10.1. The Hall–Kier alpha value is -1.95. The van der Waals surface area contributed by atoms with Gasteiger partial charge in [0.25, 0.3) is 0 Å². The molecule has 6 heteroatoms. The molecule has 0 aliphatic carbocycles. The first kappa shape index (κ1) is 14.1. The van der Waals surface area contributed by atoms with Crippen LogP contribution in [-0.4, -0.2) is 23.8 Å². The first-order valence-corrected chi connectivity index (χ1v) is 5.84. The van der Waals surface area contributed by atoms with Crippen molar-refractivity contribution in [2.45, 2.75) is 13.8 Å². The summed E-state index contributed by atoms with van der Waals surface area (Å²) in [6.45, 7) is 3.33. The second-order valence-corrected chi connectivity index (χ2v) is 4.06. The Balaban J connectivity index is 2.82. The van der Waals surface area contributed by atoms with E-state index < -0.39 is 0 Å². The van der Waals surface area contributed by atoms with Crippen molar-refractivity contribution in [1.29, 1.82) is 0 Å². The standard InChI is InChI=1S/C12H16N4OS/c1-8(15-16-12(18)13-3)10-5-4-6-11(7-10)14-9(2)17/h4-7H,1-3H3,(H,14,17)(H2,13,16,18)/b15-8+. The quantitative estimate of drug-likeness (QED) is 0.439. The second-order valence-electron chi connectivity index (χ2n) is 3.65. The number of nitrogens with one attached hydrogen (secondary N) is 3. The van der Waals surface area contributed by atoms with Gasteiger partial charge in [-0.25, -0.2) is 0 Å². The summed E-state index contributed by atoms with van der Waals surface area (Å²) >= 11 is 4.92. The molecule has 0 fully saturated rings. The van der Waals surface area contributed by atoms with E-state index in [2.05, 4.69) is 21.2 Å². The molecule has 0 aliphatic rings. The molecule has 0 heterocycles. The molecule has 96 valence electrons. The van der Waals surface area contributed by atoms with E-state index >= 15 is 0 Å². The van der Waals surface area contributed by atoms with Crippen LogP contribution in [0.5, 0.6) is 0 Å². The molecular formula is C12H16N4OS. The van der Waals surface area contributed by atoms with Crippen LogP contribution in [0.2, 0.25) is 0 Å². The molecule has 0 radical (unpaired) electrons. The highest BCUT2D eigenvalue weighted by atomic mass is 32.1. The van der Waals surface area contributed by atoms with E-state index in [4.69, 9.17) is 12.2 Å². The van der Waals surface area contributed by atoms with Gasteiger partial charge in [-0.15, -0.1) is 0 Å². The zero-order chi connectivity index (χ0) is 13.5. The zero-order valence-corrected chi connectivity index (χ0v) is 11.4. The third-order valence-corrected chi connectivity index (χ3v) is 2.45. The van der Waals surface area contributed by atoms with Crippen molar-refractivity contribution in [1.82, 2.24) is 10.7 Å². The van der Waals surface area contributed by atoms with Crippen molar-refractivity contribution >= 4 is 34.6 Å². The summed E-state index contributed by atoms with van der Waals surface area (Å²) in [5.74, 6) is -0.101. The fraction of sp³-hybridized carbons (Fsp3) is 0.250. The number of rotatable bonds is 3. The number of hydrogen-bond acceptors (Lipinski definition) is 3. The third-order valence-electron chi connectivity index (χ3n) is 2.15.